The maximum atomic E-state index is 2.51. The molecule has 0 bridgehead atoms. The molecule has 1 aromatic rings. The fraction of sp³-hybridized carbons (Fsp3) is 0.515. The van der Waals surface area contributed by atoms with Crippen molar-refractivity contribution in [2.24, 2.45) is 11.3 Å². The van der Waals surface area contributed by atoms with Gasteiger partial charge >= 0.3 is 0 Å². The first-order valence-electron chi connectivity index (χ1n) is 12.8. The van der Waals surface area contributed by atoms with Crippen molar-refractivity contribution in [2.75, 3.05) is 0 Å². The lowest BCUT2D eigenvalue weighted by Gasteiger charge is -2.37. The number of benzene rings is 1. The summed E-state index contributed by atoms with van der Waals surface area (Å²) in [4.78, 5) is 0. The Morgan fingerprint density at radius 2 is 1.06 bits per heavy atom. The normalized spacial score (nSPS) is 23.5. The van der Waals surface area contributed by atoms with Crippen LogP contribution in [0.1, 0.15) is 109 Å². The largest absolute Gasteiger partial charge is 0.0632 e. The SMILES string of the molecule is CC1=C(C)C2=C(C(C)(C)C3=C(C)C(C)=C(C)C3C)c3c(C)c(C)c(C)c(C)c3C2C(C)=C1C. The van der Waals surface area contributed by atoms with E-state index in [1.54, 1.807) is 39.0 Å². The number of fused-ring (bicyclic) bond motifs is 3. The van der Waals surface area contributed by atoms with Gasteiger partial charge in [0.1, 0.15) is 0 Å². The van der Waals surface area contributed by atoms with Crippen LogP contribution in [0.4, 0.5) is 0 Å². The van der Waals surface area contributed by atoms with Gasteiger partial charge < -0.3 is 0 Å². The van der Waals surface area contributed by atoms with E-state index in [1.807, 2.05) is 0 Å². The van der Waals surface area contributed by atoms with Gasteiger partial charge in [0.2, 0.25) is 0 Å². The second-order valence-electron chi connectivity index (χ2n) is 11.8. The molecule has 0 heterocycles. The first kappa shape index (κ1) is 24.1. The van der Waals surface area contributed by atoms with E-state index >= 15 is 0 Å². The van der Waals surface area contributed by atoms with E-state index in [-0.39, 0.29) is 5.41 Å². The number of rotatable bonds is 2. The predicted octanol–water partition coefficient (Wildman–Crippen LogP) is 9.79. The van der Waals surface area contributed by atoms with Gasteiger partial charge in [-0.2, -0.15) is 0 Å². The molecule has 176 valence electrons. The van der Waals surface area contributed by atoms with Gasteiger partial charge in [-0.25, -0.2) is 0 Å². The summed E-state index contributed by atoms with van der Waals surface area (Å²) in [6.07, 6.45) is 0. The predicted molar refractivity (Wildman–Crippen MR) is 146 cm³/mol. The highest BCUT2D eigenvalue weighted by atomic mass is 14.5. The van der Waals surface area contributed by atoms with E-state index in [2.05, 4.69) is 96.9 Å². The van der Waals surface area contributed by atoms with E-state index in [0.29, 0.717) is 11.8 Å². The van der Waals surface area contributed by atoms with Crippen LogP contribution in [0.5, 0.6) is 0 Å². The molecule has 0 nitrogen and oxygen atoms in total. The van der Waals surface area contributed by atoms with E-state index in [1.165, 1.54) is 50.1 Å². The van der Waals surface area contributed by atoms with E-state index in [0.717, 1.165) is 0 Å². The monoisotopic (exact) mass is 440 g/mol. The van der Waals surface area contributed by atoms with Crippen LogP contribution in [0.25, 0.3) is 5.57 Å². The minimum Gasteiger partial charge on any atom is -0.0632 e. The summed E-state index contributed by atoms with van der Waals surface area (Å²) in [5.41, 5.74) is 24.4. The molecule has 0 fully saturated rings. The van der Waals surface area contributed by atoms with Crippen molar-refractivity contribution < 1.29 is 0 Å². The van der Waals surface area contributed by atoms with E-state index in [4.69, 9.17) is 0 Å². The lowest BCUT2D eigenvalue weighted by Crippen LogP contribution is -2.23. The maximum Gasteiger partial charge on any atom is 0.0316 e. The average Bonchev–Trinajstić information content (AvgIpc) is 3.23. The maximum absolute atomic E-state index is 2.51. The summed E-state index contributed by atoms with van der Waals surface area (Å²) >= 11 is 0. The van der Waals surface area contributed by atoms with Crippen LogP contribution < -0.4 is 0 Å². The standard InChI is InChI=1S/C33H44/c1-15-17(3)23(9)29-27(21(15)7)28-22(8)16(2)18(4)24(10)30(28)32(29)33(13,14)31-25(11)19(5)20(6)26(31)12/h25,27H,1-14H3. The Bertz CT molecular complexity index is 1270. The summed E-state index contributed by atoms with van der Waals surface area (Å²) in [6.45, 7) is 33.3. The van der Waals surface area contributed by atoms with Crippen molar-refractivity contribution in [3.8, 4) is 0 Å². The highest BCUT2D eigenvalue weighted by Gasteiger charge is 2.47. The molecule has 0 aliphatic heterocycles. The summed E-state index contributed by atoms with van der Waals surface area (Å²) in [5, 5.41) is 0. The van der Waals surface area contributed by atoms with Crippen molar-refractivity contribution in [3.05, 3.63) is 83.5 Å². The van der Waals surface area contributed by atoms with Gasteiger partial charge in [-0.15, -0.1) is 0 Å². The van der Waals surface area contributed by atoms with Crippen molar-refractivity contribution in [2.45, 2.75) is 103 Å². The molecule has 0 saturated heterocycles. The minimum absolute atomic E-state index is 0.0344. The van der Waals surface area contributed by atoms with E-state index in [9.17, 15) is 0 Å². The average molecular weight is 441 g/mol. The smallest absolute Gasteiger partial charge is 0.0316 e. The Kier molecular flexibility index (Phi) is 5.44. The van der Waals surface area contributed by atoms with Crippen LogP contribution in [0.15, 0.2) is 50.2 Å². The third kappa shape index (κ3) is 2.88. The fourth-order valence-electron chi connectivity index (χ4n) is 7.44. The molecule has 2 unspecified atom stereocenters. The summed E-state index contributed by atoms with van der Waals surface area (Å²) in [6, 6.07) is 0. The van der Waals surface area contributed by atoms with E-state index < -0.39 is 0 Å². The van der Waals surface area contributed by atoms with Crippen molar-refractivity contribution in [3.63, 3.8) is 0 Å². The van der Waals surface area contributed by atoms with Gasteiger partial charge in [0.05, 0.1) is 0 Å². The Morgan fingerprint density at radius 3 is 1.58 bits per heavy atom. The summed E-state index contributed by atoms with van der Waals surface area (Å²) < 4.78 is 0. The highest BCUT2D eigenvalue weighted by Crippen LogP contribution is 2.63. The second-order valence-corrected chi connectivity index (χ2v) is 11.8. The van der Waals surface area contributed by atoms with Crippen molar-refractivity contribution in [1.29, 1.82) is 0 Å². The Hall–Kier alpha value is -2.08. The molecule has 3 aliphatic carbocycles. The third-order valence-electron chi connectivity index (χ3n) is 10.3. The Morgan fingerprint density at radius 1 is 0.545 bits per heavy atom. The number of hydrogen-bond acceptors (Lipinski definition) is 0. The van der Waals surface area contributed by atoms with Crippen LogP contribution >= 0.6 is 0 Å². The molecule has 0 N–H and O–H groups in total. The number of hydrogen-bond donors (Lipinski definition) is 0. The molecule has 0 spiro atoms. The van der Waals surface area contributed by atoms with Gasteiger partial charge in [0.25, 0.3) is 0 Å². The van der Waals surface area contributed by atoms with Crippen molar-refractivity contribution >= 4 is 5.57 Å². The molecule has 0 aromatic heterocycles. The van der Waals surface area contributed by atoms with Crippen LogP contribution in [0.2, 0.25) is 0 Å². The zero-order chi connectivity index (χ0) is 24.9. The number of allylic oxidation sites excluding steroid dienone is 10. The van der Waals surface area contributed by atoms with Crippen LogP contribution in [-0.4, -0.2) is 0 Å². The Balaban J connectivity index is 2.18. The molecule has 0 amide bonds. The first-order valence-corrected chi connectivity index (χ1v) is 12.8. The van der Waals surface area contributed by atoms with Crippen molar-refractivity contribution in [1.82, 2.24) is 0 Å². The summed E-state index contributed by atoms with van der Waals surface area (Å²) in [7, 11) is 0. The van der Waals surface area contributed by atoms with Crippen LogP contribution in [0.3, 0.4) is 0 Å². The van der Waals surface area contributed by atoms with Gasteiger partial charge in [-0.05, 0) is 154 Å². The molecular weight excluding hydrogens is 396 g/mol. The first-order chi connectivity index (χ1) is 15.2. The lowest BCUT2D eigenvalue weighted by atomic mass is 9.67. The Labute approximate surface area is 203 Å². The highest BCUT2D eigenvalue weighted by molar-refractivity contribution is 5.92. The molecular formula is C33H44. The molecule has 0 radical (unpaired) electrons. The molecule has 1 aromatic carbocycles. The van der Waals surface area contributed by atoms with Crippen LogP contribution in [0, 0.1) is 39.0 Å². The van der Waals surface area contributed by atoms with Gasteiger partial charge in [0, 0.05) is 11.3 Å². The van der Waals surface area contributed by atoms with Gasteiger partial charge in [0.15, 0.2) is 0 Å². The van der Waals surface area contributed by atoms with Crippen LogP contribution in [-0.2, 0) is 0 Å². The summed E-state index contributed by atoms with van der Waals surface area (Å²) in [5.74, 6) is 0.889. The molecule has 3 aliphatic rings. The topological polar surface area (TPSA) is 0 Å². The molecule has 2 atom stereocenters. The molecule has 0 heteroatoms. The fourth-order valence-corrected chi connectivity index (χ4v) is 7.44. The molecule has 33 heavy (non-hydrogen) atoms. The zero-order valence-corrected chi connectivity index (χ0v) is 23.7. The second kappa shape index (κ2) is 7.46. The van der Waals surface area contributed by atoms with Gasteiger partial charge in [-0.3, -0.25) is 0 Å². The molecule has 4 rings (SSSR count). The third-order valence-corrected chi connectivity index (χ3v) is 10.3. The molecule has 0 saturated carbocycles. The lowest BCUT2D eigenvalue weighted by molar-refractivity contribution is 0.534. The van der Waals surface area contributed by atoms with Gasteiger partial charge in [-0.1, -0.05) is 37.5 Å². The minimum atomic E-state index is -0.0344. The quantitative estimate of drug-likeness (QED) is 0.429. The zero-order valence-electron chi connectivity index (χ0n) is 23.7.